The van der Waals surface area contributed by atoms with Gasteiger partial charge in [0, 0.05) is 18.3 Å². The van der Waals surface area contributed by atoms with Gasteiger partial charge in [-0.25, -0.2) is 21.9 Å². The SMILES string of the molecule is CC(C)C(CCO)NS(=O)(=O)c1c(F)cc(N)cc1F. The van der Waals surface area contributed by atoms with Gasteiger partial charge in [0.1, 0.15) is 11.6 Å². The minimum absolute atomic E-state index is 0.142. The van der Waals surface area contributed by atoms with Crippen LogP contribution in [0.2, 0.25) is 0 Å². The topological polar surface area (TPSA) is 92.4 Å². The fourth-order valence-corrected chi connectivity index (χ4v) is 3.30. The summed E-state index contributed by atoms with van der Waals surface area (Å²) in [4.78, 5) is -1.06. The average Bonchev–Trinajstić information content (AvgIpc) is 2.25. The zero-order chi connectivity index (χ0) is 15.5. The number of aliphatic hydroxyl groups is 1. The summed E-state index contributed by atoms with van der Waals surface area (Å²) in [5, 5.41) is 8.90. The Morgan fingerprint density at radius 3 is 2.20 bits per heavy atom. The quantitative estimate of drug-likeness (QED) is 0.689. The lowest BCUT2D eigenvalue weighted by Gasteiger charge is -2.21. The molecule has 1 atom stereocenters. The molecule has 5 nitrogen and oxygen atoms in total. The van der Waals surface area contributed by atoms with Crippen molar-refractivity contribution in [3.63, 3.8) is 0 Å². The van der Waals surface area contributed by atoms with Gasteiger partial charge in [-0.1, -0.05) is 13.8 Å². The van der Waals surface area contributed by atoms with Gasteiger partial charge in [-0.3, -0.25) is 0 Å². The first-order valence-corrected chi connectivity index (χ1v) is 7.55. The van der Waals surface area contributed by atoms with Crippen molar-refractivity contribution in [3.05, 3.63) is 23.8 Å². The van der Waals surface area contributed by atoms with E-state index in [1.807, 2.05) is 0 Å². The molecule has 0 radical (unpaired) electrons. The number of hydrogen-bond acceptors (Lipinski definition) is 4. The van der Waals surface area contributed by atoms with Gasteiger partial charge >= 0.3 is 0 Å². The van der Waals surface area contributed by atoms with Crippen molar-refractivity contribution in [1.29, 1.82) is 0 Å². The third kappa shape index (κ3) is 3.87. The molecule has 0 aliphatic rings. The second-order valence-electron chi connectivity index (χ2n) is 4.80. The number of anilines is 1. The number of nitrogens with two attached hydrogens (primary N) is 1. The monoisotopic (exact) mass is 308 g/mol. The molecule has 1 rings (SSSR count). The molecular formula is C12H18F2N2O3S. The molecule has 0 aromatic heterocycles. The lowest BCUT2D eigenvalue weighted by atomic mass is 10.0. The third-order valence-corrected chi connectivity index (χ3v) is 4.38. The van der Waals surface area contributed by atoms with E-state index in [1.54, 1.807) is 13.8 Å². The van der Waals surface area contributed by atoms with Crippen LogP contribution in [0.1, 0.15) is 20.3 Å². The van der Waals surface area contributed by atoms with E-state index in [-0.39, 0.29) is 24.6 Å². The summed E-state index contributed by atoms with van der Waals surface area (Å²) in [7, 11) is -4.37. The number of hydrogen-bond donors (Lipinski definition) is 3. The first-order chi connectivity index (χ1) is 9.19. The molecule has 1 unspecified atom stereocenters. The first kappa shape index (κ1) is 16.8. The highest BCUT2D eigenvalue weighted by atomic mass is 32.2. The molecule has 1 aromatic rings. The summed E-state index contributed by atoms with van der Waals surface area (Å²) in [5.74, 6) is -2.64. The molecule has 20 heavy (non-hydrogen) atoms. The van der Waals surface area contributed by atoms with Crippen molar-refractivity contribution in [2.75, 3.05) is 12.3 Å². The predicted molar refractivity (Wildman–Crippen MR) is 71.4 cm³/mol. The number of halogens is 2. The van der Waals surface area contributed by atoms with Crippen molar-refractivity contribution in [1.82, 2.24) is 4.72 Å². The molecule has 114 valence electrons. The summed E-state index contributed by atoms with van der Waals surface area (Å²) >= 11 is 0. The molecule has 1 aromatic carbocycles. The van der Waals surface area contributed by atoms with Crippen LogP contribution < -0.4 is 10.5 Å². The van der Waals surface area contributed by atoms with Crippen LogP contribution >= 0.6 is 0 Å². The number of nitrogens with one attached hydrogen (secondary N) is 1. The molecule has 0 fully saturated rings. The Morgan fingerprint density at radius 2 is 1.80 bits per heavy atom. The van der Waals surface area contributed by atoms with Crippen molar-refractivity contribution >= 4 is 15.7 Å². The van der Waals surface area contributed by atoms with E-state index in [1.165, 1.54) is 0 Å². The Balaban J connectivity index is 3.17. The molecule has 0 spiro atoms. The van der Waals surface area contributed by atoms with E-state index >= 15 is 0 Å². The van der Waals surface area contributed by atoms with Crippen molar-refractivity contribution in [2.24, 2.45) is 5.92 Å². The van der Waals surface area contributed by atoms with Gasteiger partial charge in [0.05, 0.1) is 0 Å². The Morgan fingerprint density at radius 1 is 1.30 bits per heavy atom. The molecule has 0 saturated heterocycles. The van der Waals surface area contributed by atoms with Crippen LogP contribution in [-0.4, -0.2) is 26.2 Å². The maximum absolute atomic E-state index is 13.7. The van der Waals surface area contributed by atoms with Crippen molar-refractivity contribution in [2.45, 2.75) is 31.2 Å². The van der Waals surface area contributed by atoms with Crippen LogP contribution in [0.5, 0.6) is 0 Å². The number of benzene rings is 1. The summed E-state index contributed by atoms with van der Waals surface area (Å²) in [6.07, 6.45) is 0.148. The molecule has 4 N–H and O–H groups in total. The molecule has 8 heteroatoms. The largest absolute Gasteiger partial charge is 0.399 e. The average molecular weight is 308 g/mol. The molecule has 0 aliphatic heterocycles. The predicted octanol–water partition coefficient (Wildman–Crippen LogP) is 1.23. The molecule has 0 saturated carbocycles. The van der Waals surface area contributed by atoms with Crippen LogP contribution in [0.3, 0.4) is 0 Å². The van der Waals surface area contributed by atoms with Crippen LogP contribution in [0.25, 0.3) is 0 Å². The maximum Gasteiger partial charge on any atom is 0.246 e. The second-order valence-corrected chi connectivity index (χ2v) is 6.45. The zero-order valence-corrected chi connectivity index (χ0v) is 12.0. The van der Waals surface area contributed by atoms with E-state index in [0.717, 1.165) is 12.1 Å². The third-order valence-electron chi connectivity index (χ3n) is 2.84. The Kier molecular flexibility index (Phi) is 5.43. The van der Waals surface area contributed by atoms with Gasteiger partial charge in [-0.2, -0.15) is 0 Å². The Hall–Kier alpha value is -1.25. The van der Waals surface area contributed by atoms with Gasteiger partial charge in [-0.05, 0) is 24.5 Å². The van der Waals surface area contributed by atoms with Crippen molar-refractivity contribution in [3.8, 4) is 0 Å². The van der Waals surface area contributed by atoms with Crippen LogP contribution in [0, 0.1) is 17.6 Å². The van der Waals surface area contributed by atoms with Gasteiger partial charge in [0.2, 0.25) is 10.0 Å². The highest BCUT2D eigenvalue weighted by Gasteiger charge is 2.28. The Labute approximate surface area is 116 Å². The molecule has 0 aliphatic carbocycles. The summed E-state index contributed by atoms with van der Waals surface area (Å²) in [6.45, 7) is 3.23. The second kappa shape index (κ2) is 6.47. The van der Waals surface area contributed by atoms with Crippen LogP contribution in [-0.2, 0) is 10.0 Å². The summed E-state index contributed by atoms with van der Waals surface area (Å²) in [6, 6.07) is 0.864. The normalized spacial score (nSPS) is 13.7. The number of aliphatic hydroxyl groups excluding tert-OH is 1. The van der Waals surface area contributed by atoms with Crippen LogP contribution in [0.15, 0.2) is 17.0 Å². The highest BCUT2D eigenvalue weighted by Crippen LogP contribution is 2.22. The van der Waals surface area contributed by atoms with Gasteiger partial charge in [0.15, 0.2) is 4.90 Å². The minimum Gasteiger partial charge on any atom is -0.399 e. The van der Waals surface area contributed by atoms with E-state index in [0.29, 0.717) is 0 Å². The Bertz CT molecular complexity index is 553. The van der Waals surface area contributed by atoms with Gasteiger partial charge in [0.25, 0.3) is 0 Å². The standard InChI is InChI=1S/C12H18F2N2O3S/c1-7(2)11(3-4-17)16-20(18,19)12-9(13)5-8(15)6-10(12)14/h5-7,11,16-17H,3-4,15H2,1-2H3. The lowest BCUT2D eigenvalue weighted by molar-refractivity contribution is 0.255. The van der Waals surface area contributed by atoms with Gasteiger partial charge < -0.3 is 10.8 Å². The number of rotatable bonds is 6. The molecular weight excluding hydrogens is 290 g/mol. The van der Waals surface area contributed by atoms with E-state index in [4.69, 9.17) is 10.8 Å². The minimum atomic E-state index is -4.37. The smallest absolute Gasteiger partial charge is 0.246 e. The summed E-state index contributed by atoms with van der Waals surface area (Å²) < 4.78 is 53.6. The summed E-state index contributed by atoms with van der Waals surface area (Å²) in [5.41, 5.74) is 5.04. The van der Waals surface area contributed by atoms with E-state index < -0.39 is 32.6 Å². The lowest BCUT2D eigenvalue weighted by Crippen LogP contribution is -2.39. The van der Waals surface area contributed by atoms with Gasteiger partial charge in [-0.15, -0.1) is 0 Å². The molecule has 0 amide bonds. The highest BCUT2D eigenvalue weighted by molar-refractivity contribution is 7.89. The number of nitrogen functional groups attached to an aromatic ring is 1. The van der Waals surface area contributed by atoms with E-state index in [9.17, 15) is 17.2 Å². The fourth-order valence-electron chi connectivity index (χ4n) is 1.76. The first-order valence-electron chi connectivity index (χ1n) is 6.06. The fraction of sp³-hybridized carbons (Fsp3) is 0.500. The zero-order valence-electron chi connectivity index (χ0n) is 11.2. The van der Waals surface area contributed by atoms with E-state index in [2.05, 4.69) is 4.72 Å². The number of sulfonamides is 1. The molecule has 0 heterocycles. The molecule has 0 bridgehead atoms. The maximum atomic E-state index is 13.7. The van der Waals surface area contributed by atoms with Crippen molar-refractivity contribution < 1.29 is 22.3 Å². The van der Waals surface area contributed by atoms with Crippen LogP contribution in [0.4, 0.5) is 14.5 Å².